The highest BCUT2D eigenvalue weighted by Crippen LogP contribution is 2.23. The second-order valence-electron chi connectivity index (χ2n) is 9.92. The Kier molecular flexibility index (Phi) is 8.87. The molecular formula is C27H38N8O3. The van der Waals surface area contributed by atoms with Gasteiger partial charge in [0.1, 0.15) is 24.6 Å². The first-order valence-electron chi connectivity index (χ1n) is 13.6. The summed E-state index contributed by atoms with van der Waals surface area (Å²) in [5.41, 5.74) is 9.09. The van der Waals surface area contributed by atoms with E-state index in [0.29, 0.717) is 56.4 Å². The molecule has 2 N–H and O–H groups in total. The molecule has 0 saturated carbocycles. The average Bonchev–Trinajstić information content (AvgIpc) is 3.50. The summed E-state index contributed by atoms with van der Waals surface area (Å²) >= 11 is 0. The number of aromatic nitrogens is 2. The molecule has 2 aromatic rings. The molecule has 3 aliphatic heterocycles. The second kappa shape index (κ2) is 12.9. The van der Waals surface area contributed by atoms with Gasteiger partial charge < -0.3 is 30.0 Å². The Balaban J connectivity index is 1.11. The van der Waals surface area contributed by atoms with Crippen LogP contribution in [0.15, 0.2) is 35.7 Å². The monoisotopic (exact) mass is 522 g/mol. The Labute approximate surface area is 224 Å². The molecule has 0 atom stereocenters. The molecule has 4 heterocycles. The normalized spacial score (nSPS) is 18.9. The largest absolute Gasteiger partial charge is 0.394 e. The van der Waals surface area contributed by atoms with E-state index in [0.717, 1.165) is 51.5 Å². The fraction of sp³-hybridized carbons (Fsp3) is 0.556. The van der Waals surface area contributed by atoms with Gasteiger partial charge in [0, 0.05) is 64.6 Å². The van der Waals surface area contributed by atoms with E-state index in [1.165, 1.54) is 24.9 Å². The third-order valence-electron chi connectivity index (χ3n) is 7.45. The number of nitrogens with two attached hydrogens (primary N) is 1. The first-order valence-corrected chi connectivity index (χ1v) is 13.6. The van der Waals surface area contributed by atoms with E-state index < -0.39 is 0 Å². The summed E-state index contributed by atoms with van der Waals surface area (Å²) in [6.07, 6.45) is 5.98. The third kappa shape index (κ3) is 6.70. The van der Waals surface area contributed by atoms with Gasteiger partial charge in [-0.25, -0.2) is 9.97 Å². The summed E-state index contributed by atoms with van der Waals surface area (Å²) in [5.74, 6) is 1.21. The number of hydrogen-bond acceptors (Lipinski definition) is 10. The zero-order valence-corrected chi connectivity index (χ0v) is 22.0. The Morgan fingerprint density at radius 2 is 1.71 bits per heavy atom. The lowest BCUT2D eigenvalue weighted by molar-refractivity contribution is -0.130. The Bertz CT molecular complexity index is 1080. The lowest BCUT2D eigenvalue weighted by Crippen LogP contribution is -2.49. The fourth-order valence-electron chi connectivity index (χ4n) is 5.17. The van der Waals surface area contributed by atoms with Crippen LogP contribution in [0.25, 0.3) is 0 Å². The van der Waals surface area contributed by atoms with Crippen LogP contribution in [0.4, 0.5) is 17.3 Å². The Morgan fingerprint density at radius 3 is 2.45 bits per heavy atom. The van der Waals surface area contributed by atoms with Crippen LogP contribution in [-0.2, 0) is 20.8 Å². The van der Waals surface area contributed by atoms with Crippen LogP contribution in [-0.4, -0.2) is 111 Å². The molecular weight excluding hydrogens is 484 g/mol. The van der Waals surface area contributed by atoms with Crippen LogP contribution in [0.3, 0.4) is 0 Å². The van der Waals surface area contributed by atoms with E-state index in [2.05, 4.69) is 54.1 Å². The molecule has 0 spiro atoms. The molecule has 11 heteroatoms. The lowest BCUT2D eigenvalue weighted by Gasteiger charge is -2.36. The highest BCUT2D eigenvalue weighted by molar-refractivity contribution is 5.91. The number of ether oxygens (including phenoxy) is 1. The average molecular weight is 523 g/mol. The first kappa shape index (κ1) is 26.2. The molecule has 0 aliphatic carbocycles. The Morgan fingerprint density at radius 1 is 0.974 bits per heavy atom. The standard InChI is InChI=1S/C27H38N8O3/c28-26-24(20-31-38-18-15-32-13-16-37-17-14-32)27(30-21-29-26)35-11-9-34(10-12-35)25(36)19-22-3-5-23(6-4-22)33-7-1-2-8-33/h3-6,20-21H,1-2,7-19H2,(H2,28,29,30). The maximum absolute atomic E-state index is 13.0. The van der Waals surface area contributed by atoms with E-state index in [1.54, 1.807) is 6.21 Å². The van der Waals surface area contributed by atoms with Crippen molar-refractivity contribution in [2.45, 2.75) is 19.3 Å². The van der Waals surface area contributed by atoms with Gasteiger partial charge in [0.15, 0.2) is 0 Å². The van der Waals surface area contributed by atoms with E-state index in [-0.39, 0.29) is 5.91 Å². The maximum Gasteiger partial charge on any atom is 0.227 e. The summed E-state index contributed by atoms with van der Waals surface area (Å²) in [6.45, 7) is 9.45. The third-order valence-corrected chi connectivity index (χ3v) is 7.45. The van der Waals surface area contributed by atoms with Crippen LogP contribution in [0, 0.1) is 0 Å². The van der Waals surface area contributed by atoms with Gasteiger partial charge in [-0.05, 0) is 30.5 Å². The minimum atomic E-state index is 0.149. The van der Waals surface area contributed by atoms with Crippen molar-refractivity contribution in [3.8, 4) is 0 Å². The van der Waals surface area contributed by atoms with Gasteiger partial charge in [0.25, 0.3) is 0 Å². The fourth-order valence-corrected chi connectivity index (χ4v) is 5.17. The number of carbonyl (C=O) groups is 1. The molecule has 1 amide bonds. The molecule has 1 aromatic heterocycles. The molecule has 0 radical (unpaired) electrons. The number of nitrogen functional groups attached to an aromatic ring is 1. The van der Waals surface area contributed by atoms with Crippen molar-refractivity contribution in [1.29, 1.82) is 0 Å². The molecule has 11 nitrogen and oxygen atoms in total. The summed E-state index contributed by atoms with van der Waals surface area (Å²) in [4.78, 5) is 35.8. The predicted octanol–water partition coefficient (Wildman–Crippen LogP) is 1.23. The number of anilines is 3. The van der Waals surface area contributed by atoms with Crippen LogP contribution in [0.5, 0.6) is 0 Å². The van der Waals surface area contributed by atoms with Gasteiger partial charge in [-0.3, -0.25) is 9.69 Å². The number of oxime groups is 1. The highest BCUT2D eigenvalue weighted by atomic mass is 16.6. The van der Waals surface area contributed by atoms with Gasteiger partial charge in [-0.15, -0.1) is 0 Å². The van der Waals surface area contributed by atoms with Gasteiger partial charge in [0.05, 0.1) is 31.4 Å². The van der Waals surface area contributed by atoms with E-state index >= 15 is 0 Å². The zero-order chi connectivity index (χ0) is 26.2. The molecule has 38 heavy (non-hydrogen) atoms. The van der Waals surface area contributed by atoms with Crippen LogP contribution in [0.1, 0.15) is 24.0 Å². The van der Waals surface area contributed by atoms with Gasteiger partial charge in [0.2, 0.25) is 5.91 Å². The SMILES string of the molecule is Nc1ncnc(N2CCN(C(=O)Cc3ccc(N4CCCC4)cc3)CC2)c1C=NOCCN1CCOCC1. The molecule has 3 saturated heterocycles. The van der Waals surface area contributed by atoms with Gasteiger partial charge >= 0.3 is 0 Å². The van der Waals surface area contributed by atoms with Crippen LogP contribution < -0.4 is 15.5 Å². The van der Waals surface area contributed by atoms with Gasteiger partial charge in [-0.2, -0.15) is 0 Å². The van der Waals surface area contributed by atoms with Crippen LogP contribution in [0.2, 0.25) is 0 Å². The first-order chi connectivity index (χ1) is 18.7. The molecule has 0 bridgehead atoms. The summed E-state index contributed by atoms with van der Waals surface area (Å²) in [6, 6.07) is 8.45. The topological polar surface area (TPSA) is 113 Å². The minimum absolute atomic E-state index is 0.149. The van der Waals surface area contributed by atoms with Gasteiger partial charge in [-0.1, -0.05) is 17.3 Å². The molecule has 3 aliphatic rings. The molecule has 1 aromatic carbocycles. The van der Waals surface area contributed by atoms with Crippen molar-refractivity contribution in [2.24, 2.45) is 5.16 Å². The lowest BCUT2D eigenvalue weighted by atomic mass is 10.1. The number of rotatable bonds is 9. The van der Waals surface area contributed by atoms with Crippen LogP contribution >= 0.6 is 0 Å². The van der Waals surface area contributed by atoms with Crippen molar-refractivity contribution in [2.75, 3.05) is 94.3 Å². The van der Waals surface area contributed by atoms with Crippen molar-refractivity contribution in [3.05, 3.63) is 41.7 Å². The molecule has 3 fully saturated rings. The van der Waals surface area contributed by atoms with Crippen molar-refractivity contribution in [3.63, 3.8) is 0 Å². The molecule has 5 rings (SSSR count). The smallest absolute Gasteiger partial charge is 0.227 e. The maximum atomic E-state index is 13.0. The minimum Gasteiger partial charge on any atom is -0.394 e. The van der Waals surface area contributed by atoms with Crippen molar-refractivity contribution < 1.29 is 14.4 Å². The summed E-state index contributed by atoms with van der Waals surface area (Å²) in [5, 5.41) is 4.13. The van der Waals surface area contributed by atoms with E-state index in [9.17, 15) is 4.79 Å². The summed E-state index contributed by atoms with van der Waals surface area (Å²) in [7, 11) is 0. The number of amides is 1. The van der Waals surface area contributed by atoms with Crippen molar-refractivity contribution >= 4 is 29.4 Å². The summed E-state index contributed by atoms with van der Waals surface area (Å²) < 4.78 is 5.37. The molecule has 0 unspecified atom stereocenters. The number of piperazine rings is 1. The molecule has 204 valence electrons. The number of hydrogen-bond donors (Lipinski definition) is 1. The van der Waals surface area contributed by atoms with E-state index in [4.69, 9.17) is 15.3 Å². The quantitative estimate of drug-likeness (QED) is 0.295. The second-order valence-corrected chi connectivity index (χ2v) is 9.92. The predicted molar refractivity (Wildman–Crippen MR) is 148 cm³/mol. The number of benzene rings is 1. The van der Waals surface area contributed by atoms with Crippen molar-refractivity contribution in [1.82, 2.24) is 19.8 Å². The zero-order valence-electron chi connectivity index (χ0n) is 22.0. The number of carbonyl (C=O) groups excluding carboxylic acids is 1. The highest BCUT2D eigenvalue weighted by Gasteiger charge is 2.24. The number of nitrogens with zero attached hydrogens (tertiary/aromatic N) is 7. The Hall–Kier alpha value is -3.44. The number of morpholine rings is 1. The van der Waals surface area contributed by atoms with E-state index in [1.807, 2.05) is 4.90 Å².